The van der Waals surface area contributed by atoms with Crippen LogP contribution in [0.2, 0.25) is 0 Å². The van der Waals surface area contributed by atoms with Crippen molar-refractivity contribution in [3.05, 3.63) is 58.8 Å². The molecule has 3 heterocycles. The van der Waals surface area contributed by atoms with Crippen molar-refractivity contribution in [2.24, 2.45) is 0 Å². The Morgan fingerprint density at radius 3 is 2.86 bits per heavy atom. The summed E-state index contributed by atoms with van der Waals surface area (Å²) >= 11 is 0. The molecule has 5 rings (SSSR count). The van der Waals surface area contributed by atoms with Crippen LogP contribution >= 0.6 is 0 Å². The maximum atomic E-state index is 12.9. The number of aromatic hydroxyl groups is 1. The van der Waals surface area contributed by atoms with Crippen molar-refractivity contribution in [3.8, 4) is 28.5 Å². The zero-order chi connectivity index (χ0) is 19.3. The first-order valence-electron chi connectivity index (χ1n) is 9.06. The number of aromatic nitrogens is 1. The van der Waals surface area contributed by atoms with Crippen LogP contribution in [0.5, 0.6) is 17.2 Å². The first-order valence-corrected chi connectivity index (χ1v) is 9.06. The van der Waals surface area contributed by atoms with Gasteiger partial charge in [-0.1, -0.05) is 11.2 Å². The number of fused-ring (bicyclic) bond motifs is 2. The predicted molar refractivity (Wildman–Crippen MR) is 99.4 cm³/mol. The second kappa shape index (κ2) is 6.30. The highest BCUT2D eigenvalue weighted by Crippen LogP contribution is 2.38. The van der Waals surface area contributed by atoms with Crippen molar-refractivity contribution in [1.82, 2.24) is 10.1 Å². The van der Waals surface area contributed by atoms with Gasteiger partial charge in [0.1, 0.15) is 17.2 Å². The Hall–Kier alpha value is -3.48. The van der Waals surface area contributed by atoms with E-state index in [2.05, 4.69) is 5.16 Å². The molecule has 3 aromatic rings. The number of carbonyl (C=O) groups is 1. The van der Waals surface area contributed by atoms with Crippen LogP contribution in [0, 0.1) is 6.92 Å². The maximum absolute atomic E-state index is 12.9. The van der Waals surface area contributed by atoms with Gasteiger partial charge in [0, 0.05) is 24.1 Å². The van der Waals surface area contributed by atoms with Crippen molar-refractivity contribution in [1.29, 1.82) is 0 Å². The topological polar surface area (TPSA) is 85.0 Å². The van der Waals surface area contributed by atoms with Crippen LogP contribution in [0.3, 0.4) is 0 Å². The highest BCUT2D eigenvalue weighted by atomic mass is 16.7. The van der Waals surface area contributed by atoms with E-state index in [-0.39, 0.29) is 18.4 Å². The minimum Gasteiger partial charge on any atom is -0.507 e. The van der Waals surface area contributed by atoms with E-state index in [4.69, 9.17) is 14.0 Å². The average molecular weight is 378 g/mol. The summed E-state index contributed by atoms with van der Waals surface area (Å²) in [5, 5.41) is 14.4. The van der Waals surface area contributed by atoms with Crippen molar-refractivity contribution in [2.45, 2.75) is 19.9 Å². The van der Waals surface area contributed by atoms with Crippen LogP contribution < -0.4 is 9.47 Å². The first kappa shape index (κ1) is 16.7. The van der Waals surface area contributed by atoms with Crippen LogP contribution in [0.1, 0.15) is 27.2 Å². The molecule has 142 valence electrons. The molecule has 0 spiro atoms. The van der Waals surface area contributed by atoms with Gasteiger partial charge in [0.15, 0.2) is 11.5 Å². The van der Waals surface area contributed by atoms with Crippen LogP contribution in [0.4, 0.5) is 0 Å². The zero-order valence-electron chi connectivity index (χ0n) is 15.3. The molecular formula is C21H18N2O5. The number of amides is 1. The van der Waals surface area contributed by atoms with Gasteiger partial charge in [-0.25, -0.2) is 0 Å². The number of carbonyl (C=O) groups excluding carboxylic acids is 1. The average Bonchev–Trinajstić information content (AvgIpc) is 3.33. The van der Waals surface area contributed by atoms with E-state index in [0.29, 0.717) is 42.3 Å². The van der Waals surface area contributed by atoms with E-state index in [1.54, 1.807) is 17.0 Å². The second-order valence-corrected chi connectivity index (χ2v) is 7.00. The summed E-state index contributed by atoms with van der Waals surface area (Å²) in [5.41, 5.74) is 3.62. The highest BCUT2D eigenvalue weighted by molar-refractivity contribution is 5.97. The third kappa shape index (κ3) is 2.67. The molecule has 0 aliphatic carbocycles. The standard InChI is InChI=1S/C21H18N2O5/c1-12-2-4-14(16(24)8-12)21(25)23-7-6-17-15(10-23)20(22-28-17)13-3-5-18-19(9-13)27-11-26-18/h2-5,8-9,24H,6-7,10-11H2,1H3. The fourth-order valence-corrected chi connectivity index (χ4v) is 3.65. The number of rotatable bonds is 2. The van der Waals surface area contributed by atoms with Gasteiger partial charge in [0.05, 0.1) is 12.1 Å². The minimum atomic E-state index is -0.207. The molecule has 0 fully saturated rings. The smallest absolute Gasteiger partial charge is 0.257 e. The third-order valence-electron chi connectivity index (χ3n) is 5.14. The maximum Gasteiger partial charge on any atom is 0.257 e. The summed E-state index contributed by atoms with van der Waals surface area (Å²) < 4.78 is 16.3. The van der Waals surface area contributed by atoms with Gasteiger partial charge >= 0.3 is 0 Å². The fourth-order valence-electron chi connectivity index (χ4n) is 3.65. The van der Waals surface area contributed by atoms with E-state index >= 15 is 0 Å². The van der Waals surface area contributed by atoms with Gasteiger partial charge in [0.25, 0.3) is 5.91 Å². The summed E-state index contributed by atoms with van der Waals surface area (Å²) in [6, 6.07) is 10.7. The summed E-state index contributed by atoms with van der Waals surface area (Å²) in [7, 11) is 0. The van der Waals surface area contributed by atoms with E-state index in [1.165, 1.54) is 0 Å². The lowest BCUT2D eigenvalue weighted by atomic mass is 10.00. The van der Waals surface area contributed by atoms with E-state index < -0.39 is 0 Å². The summed E-state index contributed by atoms with van der Waals surface area (Å²) in [4.78, 5) is 14.7. The number of hydrogen-bond acceptors (Lipinski definition) is 6. The summed E-state index contributed by atoms with van der Waals surface area (Å²) in [6.45, 7) is 2.96. The van der Waals surface area contributed by atoms with Gasteiger partial charge < -0.3 is 24.0 Å². The third-order valence-corrected chi connectivity index (χ3v) is 5.14. The van der Waals surface area contributed by atoms with Gasteiger partial charge in [-0.3, -0.25) is 4.79 Å². The van der Waals surface area contributed by atoms with E-state index in [9.17, 15) is 9.90 Å². The molecule has 0 bridgehead atoms. The number of benzene rings is 2. The van der Waals surface area contributed by atoms with Crippen molar-refractivity contribution >= 4 is 5.91 Å². The normalized spacial score (nSPS) is 14.8. The zero-order valence-corrected chi connectivity index (χ0v) is 15.3. The Morgan fingerprint density at radius 2 is 2.00 bits per heavy atom. The molecule has 2 aromatic carbocycles. The van der Waals surface area contributed by atoms with Crippen LogP contribution in [0.15, 0.2) is 40.9 Å². The van der Waals surface area contributed by atoms with Crippen LogP contribution in [-0.4, -0.2) is 34.4 Å². The molecule has 0 atom stereocenters. The number of nitrogens with zero attached hydrogens (tertiary/aromatic N) is 2. The molecular weight excluding hydrogens is 360 g/mol. The quantitative estimate of drug-likeness (QED) is 0.737. The molecule has 0 radical (unpaired) electrons. The predicted octanol–water partition coefficient (Wildman–Crippen LogP) is 3.28. The first-order chi connectivity index (χ1) is 13.6. The van der Waals surface area contributed by atoms with Crippen LogP contribution in [0.25, 0.3) is 11.3 Å². The molecule has 0 saturated carbocycles. The molecule has 7 heteroatoms. The van der Waals surface area contributed by atoms with E-state index in [1.807, 2.05) is 31.2 Å². The largest absolute Gasteiger partial charge is 0.507 e. The molecule has 1 aromatic heterocycles. The monoisotopic (exact) mass is 378 g/mol. The van der Waals surface area contributed by atoms with Crippen LogP contribution in [-0.2, 0) is 13.0 Å². The molecule has 2 aliphatic rings. The van der Waals surface area contributed by atoms with Gasteiger partial charge in [-0.15, -0.1) is 0 Å². The van der Waals surface area contributed by atoms with Crippen molar-refractivity contribution < 1.29 is 23.9 Å². The second-order valence-electron chi connectivity index (χ2n) is 7.00. The molecule has 2 aliphatic heterocycles. The number of aryl methyl sites for hydroxylation is 1. The molecule has 0 saturated heterocycles. The molecule has 0 unspecified atom stereocenters. The number of phenols is 1. The Kier molecular flexibility index (Phi) is 3.75. The fraction of sp³-hybridized carbons (Fsp3) is 0.238. The van der Waals surface area contributed by atoms with Gasteiger partial charge in [0.2, 0.25) is 6.79 Å². The summed E-state index contributed by atoms with van der Waals surface area (Å²) in [5.74, 6) is 1.94. The summed E-state index contributed by atoms with van der Waals surface area (Å²) in [6.07, 6.45) is 0.575. The highest BCUT2D eigenvalue weighted by Gasteiger charge is 2.29. The van der Waals surface area contributed by atoms with E-state index in [0.717, 1.165) is 22.5 Å². The lowest BCUT2D eigenvalue weighted by molar-refractivity contribution is 0.0726. The Morgan fingerprint density at radius 1 is 1.14 bits per heavy atom. The lowest BCUT2D eigenvalue weighted by Gasteiger charge is -2.26. The SMILES string of the molecule is Cc1ccc(C(=O)N2CCc3onc(-c4ccc5c(c4)OCO5)c3C2)c(O)c1. The van der Waals surface area contributed by atoms with Crippen molar-refractivity contribution in [3.63, 3.8) is 0 Å². The Bertz CT molecular complexity index is 1090. The Balaban J connectivity index is 1.46. The van der Waals surface area contributed by atoms with Gasteiger partial charge in [-0.05, 0) is 42.8 Å². The molecule has 1 N–H and O–H groups in total. The molecule has 7 nitrogen and oxygen atoms in total. The molecule has 1 amide bonds. The molecule has 28 heavy (non-hydrogen) atoms. The minimum absolute atomic E-state index is 0.00268. The van der Waals surface area contributed by atoms with Crippen molar-refractivity contribution in [2.75, 3.05) is 13.3 Å². The number of ether oxygens (including phenoxy) is 2. The number of hydrogen-bond donors (Lipinski definition) is 1. The Labute approximate surface area is 161 Å². The van der Waals surface area contributed by atoms with Gasteiger partial charge in [-0.2, -0.15) is 0 Å². The lowest BCUT2D eigenvalue weighted by Crippen LogP contribution is -2.35. The number of phenolic OH excluding ortho intramolecular Hbond substituents is 1.